The molecule has 6 heteroatoms. The molecule has 0 atom stereocenters. The lowest BCUT2D eigenvalue weighted by molar-refractivity contribution is 0.546. The number of nitrogens with zero attached hydrogens (tertiary/aromatic N) is 2. The summed E-state index contributed by atoms with van der Waals surface area (Å²) in [7, 11) is 0. The van der Waals surface area contributed by atoms with Crippen LogP contribution in [0.4, 0.5) is 18.9 Å². The van der Waals surface area contributed by atoms with Crippen LogP contribution in [-0.2, 0) is 13.1 Å². The minimum absolute atomic E-state index is 0.216. The number of hydrogen-bond acceptors (Lipinski definition) is 2. The van der Waals surface area contributed by atoms with Crippen molar-refractivity contribution in [2.24, 2.45) is 0 Å². The van der Waals surface area contributed by atoms with E-state index in [1.54, 1.807) is 12.5 Å². The van der Waals surface area contributed by atoms with E-state index in [4.69, 9.17) is 0 Å². The molecule has 0 aliphatic carbocycles. The Hall–Kier alpha value is -1.98. The van der Waals surface area contributed by atoms with Crippen LogP contribution in [0.2, 0.25) is 0 Å². The van der Waals surface area contributed by atoms with Gasteiger partial charge in [-0.1, -0.05) is 0 Å². The van der Waals surface area contributed by atoms with Gasteiger partial charge < -0.3 is 9.88 Å². The van der Waals surface area contributed by atoms with Gasteiger partial charge in [0.15, 0.2) is 11.6 Å². The van der Waals surface area contributed by atoms with E-state index in [-0.39, 0.29) is 12.2 Å². The number of rotatable bonds is 4. The second-order valence-corrected chi connectivity index (χ2v) is 3.77. The number of anilines is 1. The fourth-order valence-corrected chi connectivity index (χ4v) is 1.67. The molecular formula is C12H12F3N3. The third-order valence-corrected chi connectivity index (χ3v) is 2.59. The predicted octanol–water partition coefficient (Wildman–Crippen LogP) is 2.93. The molecule has 2 aromatic rings. The van der Waals surface area contributed by atoms with Crippen molar-refractivity contribution < 1.29 is 13.2 Å². The molecule has 0 spiro atoms. The average molecular weight is 255 g/mol. The zero-order valence-electron chi connectivity index (χ0n) is 9.75. The zero-order valence-corrected chi connectivity index (χ0v) is 9.75. The second-order valence-electron chi connectivity index (χ2n) is 3.77. The van der Waals surface area contributed by atoms with Crippen molar-refractivity contribution in [3.05, 3.63) is 47.8 Å². The maximum atomic E-state index is 13.4. The van der Waals surface area contributed by atoms with E-state index in [0.717, 1.165) is 5.69 Å². The highest BCUT2D eigenvalue weighted by Gasteiger charge is 2.11. The summed E-state index contributed by atoms with van der Waals surface area (Å²) >= 11 is 0. The molecule has 0 amide bonds. The highest BCUT2D eigenvalue weighted by molar-refractivity contribution is 5.46. The van der Waals surface area contributed by atoms with Crippen LogP contribution in [0.3, 0.4) is 0 Å². The topological polar surface area (TPSA) is 29.9 Å². The van der Waals surface area contributed by atoms with Gasteiger partial charge in [-0.2, -0.15) is 0 Å². The Bertz CT molecular complexity index is 528. The number of nitrogens with one attached hydrogen (secondary N) is 1. The molecule has 3 nitrogen and oxygen atoms in total. The van der Waals surface area contributed by atoms with Crippen molar-refractivity contribution in [1.82, 2.24) is 9.55 Å². The third kappa shape index (κ3) is 2.47. The Morgan fingerprint density at radius 2 is 1.89 bits per heavy atom. The molecule has 1 aromatic carbocycles. The largest absolute Gasteiger partial charge is 0.375 e. The number of benzene rings is 1. The first-order valence-corrected chi connectivity index (χ1v) is 5.49. The van der Waals surface area contributed by atoms with Crippen LogP contribution in [0.25, 0.3) is 0 Å². The molecule has 1 N–H and O–H groups in total. The highest BCUT2D eigenvalue weighted by Crippen LogP contribution is 2.20. The molecule has 1 heterocycles. The fourth-order valence-electron chi connectivity index (χ4n) is 1.67. The molecule has 0 aliphatic heterocycles. The summed E-state index contributed by atoms with van der Waals surface area (Å²) in [5, 5.41) is 2.61. The van der Waals surface area contributed by atoms with Crippen molar-refractivity contribution in [3.63, 3.8) is 0 Å². The Morgan fingerprint density at radius 1 is 1.22 bits per heavy atom. The molecule has 1 aromatic heterocycles. The standard InChI is InChI=1S/C12H12F3N3/c1-2-18-7-16-5-9(18)6-17-12-10(14)3-8(13)4-11(12)15/h3-5,7,17H,2,6H2,1H3. The molecule has 0 fully saturated rings. The Balaban J connectivity index is 2.16. The molecule has 0 unspecified atom stereocenters. The SMILES string of the molecule is CCn1cncc1CNc1c(F)cc(F)cc1F. The monoisotopic (exact) mass is 255 g/mol. The predicted molar refractivity (Wildman–Crippen MR) is 61.5 cm³/mol. The summed E-state index contributed by atoms with van der Waals surface area (Å²) in [5.41, 5.74) is 0.459. The van der Waals surface area contributed by atoms with Gasteiger partial charge in [0.1, 0.15) is 11.5 Å². The molecule has 0 radical (unpaired) electrons. The van der Waals surface area contributed by atoms with E-state index in [1.165, 1.54) is 0 Å². The van der Waals surface area contributed by atoms with Crippen molar-refractivity contribution in [2.75, 3.05) is 5.32 Å². The molecule has 0 bridgehead atoms. The van der Waals surface area contributed by atoms with Gasteiger partial charge in [-0.05, 0) is 6.92 Å². The Morgan fingerprint density at radius 3 is 2.50 bits per heavy atom. The van der Waals surface area contributed by atoms with Crippen molar-refractivity contribution >= 4 is 5.69 Å². The number of halogens is 3. The van der Waals surface area contributed by atoms with Gasteiger partial charge in [-0.25, -0.2) is 18.2 Å². The lowest BCUT2D eigenvalue weighted by Gasteiger charge is -2.10. The molecular weight excluding hydrogens is 243 g/mol. The number of hydrogen-bond donors (Lipinski definition) is 1. The average Bonchev–Trinajstić information content (AvgIpc) is 2.75. The van der Waals surface area contributed by atoms with E-state index in [0.29, 0.717) is 18.7 Å². The maximum absolute atomic E-state index is 13.4. The van der Waals surface area contributed by atoms with Gasteiger partial charge in [-0.15, -0.1) is 0 Å². The van der Waals surface area contributed by atoms with E-state index in [9.17, 15) is 13.2 Å². The first-order valence-electron chi connectivity index (χ1n) is 5.49. The van der Waals surface area contributed by atoms with Gasteiger partial charge in [0.05, 0.1) is 18.6 Å². The number of aromatic nitrogens is 2. The molecule has 0 saturated heterocycles. The smallest absolute Gasteiger partial charge is 0.152 e. The summed E-state index contributed by atoms with van der Waals surface area (Å²) < 4.78 is 41.3. The van der Waals surface area contributed by atoms with Crippen LogP contribution in [0, 0.1) is 17.5 Å². The first kappa shape index (κ1) is 12.5. The lowest BCUT2D eigenvalue weighted by atomic mass is 10.2. The van der Waals surface area contributed by atoms with E-state index < -0.39 is 17.5 Å². The van der Waals surface area contributed by atoms with Crippen LogP contribution in [-0.4, -0.2) is 9.55 Å². The number of aryl methyl sites for hydroxylation is 1. The van der Waals surface area contributed by atoms with Crippen LogP contribution in [0.1, 0.15) is 12.6 Å². The normalized spacial score (nSPS) is 10.7. The van der Waals surface area contributed by atoms with E-state index >= 15 is 0 Å². The van der Waals surface area contributed by atoms with Gasteiger partial charge in [0.25, 0.3) is 0 Å². The van der Waals surface area contributed by atoms with Crippen LogP contribution in [0.5, 0.6) is 0 Å². The second kappa shape index (κ2) is 5.12. The van der Waals surface area contributed by atoms with Crippen LogP contribution in [0.15, 0.2) is 24.7 Å². The van der Waals surface area contributed by atoms with Crippen molar-refractivity contribution in [1.29, 1.82) is 0 Å². The zero-order chi connectivity index (χ0) is 13.1. The lowest BCUT2D eigenvalue weighted by Crippen LogP contribution is -2.08. The third-order valence-electron chi connectivity index (χ3n) is 2.59. The van der Waals surface area contributed by atoms with Crippen LogP contribution >= 0.6 is 0 Å². The fraction of sp³-hybridized carbons (Fsp3) is 0.250. The summed E-state index contributed by atoms with van der Waals surface area (Å²) in [4.78, 5) is 3.94. The molecule has 18 heavy (non-hydrogen) atoms. The van der Waals surface area contributed by atoms with Gasteiger partial charge in [-0.3, -0.25) is 0 Å². The molecule has 0 aliphatic rings. The molecule has 0 saturated carbocycles. The minimum atomic E-state index is -0.949. The summed E-state index contributed by atoms with van der Waals surface area (Å²) in [6.45, 7) is 2.86. The summed E-state index contributed by atoms with van der Waals surface area (Å²) in [6.07, 6.45) is 3.24. The van der Waals surface area contributed by atoms with Crippen molar-refractivity contribution in [2.45, 2.75) is 20.0 Å². The Kier molecular flexibility index (Phi) is 3.55. The van der Waals surface area contributed by atoms with Gasteiger partial charge >= 0.3 is 0 Å². The van der Waals surface area contributed by atoms with E-state index in [2.05, 4.69) is 10.3 Å². The highest BCUT2D eigenvalue weighted by atomic mass is 19.1. The first-order chi connectivity index (χ1) is 8.61. The van der Waals surface area contributed by atoms with E-state index in [1.807, 2.05) is 11.5 Å². The summed E-state index contributed by atoms with van der Waals surface area (Å²) in [5.74, 6) is -2.83. The quantitative estimate of drug-likeness (QED) is 0.910. The molecule has 96 valence electrons. The number of imidazole rings is 1. The van der Waals surface area contributed by atoms with Crippen molar-refractivity contribution in [3.8, 4) is 0 Å². The van der Waals surface area contributed by atoms with Gasteiger partial charge in [0.2, 0.25) is 0 Å². The minimum Gasteiger partial charge on any atom is -0.375 e. The molecule has 2 rings (SSSR count). The Labute approximate surface area is 102 Å². The maximum Gasteiger partial charge on any atom is 0.152 e. The summed E-state index contributed by atoms with van der Waals surface area (Å²) in [6, 6.07) is 1.28. The van der Waals surface area contributed by atoms with Gasteiger partial charge in [0, 0.05) is 24.9 Å². The van der Waals surface area contributed by atoms with Crippen LogP contribution < -0.4 is 5.32 Å².